The molecule has 1 amide bonds. The van der Waals surface area contributed by atoms with Crippen LogP contribution < -0.4 is 16.0 Å². The second-order valence-electron chi connectivity index (χ2n) is 8.79. The number of nitrogens with zero attached hydrogens (tertiary/aromatic N) is 2. The maximum absolute atomic E-state index is 12.5. The van der Waals surface area contributed by atoms with E-state index in [2.05, 4.69) is 55.3 Å². The molecular formula is C25H26N6O2. The molecule has 6 rings (SSSR count). The predicted molar refractivity (Wildman–Crippen MR) is 127 cm³/mol. The van der Waals surface area contributed by atoms with Gasteiger partial charge in [0.15, 0.2) is 11.4 Å². The molecule has 2 aliphatic rings. The Morgan fingerprint density at radius 2 is 1.76 bits per heavy atom. The molecule has 0 aliphatic carbocycles. The van der Waals surface area contributed by atoms with Gasteiger partial charge in [-0.15, -0.1) is 0 Å². The summed E-state index contributed by atoms with van der Waals surface area (Å²) in [5.41, 5.74) is 4.88. The van der Waals surface area contributed by atoms with E-state index in [0.717, 1.165) is 65.9 Å². The van der Waals surface area contributed by atoms with Gasteiger partial charge in [0, 0.05) is 0 Å². The largest absolute Gasteiger partial charge is 0.354 e. The van der Waals surface area contributed by atoms with Crippen LogP contribution >= 0.6 is 0 Å². The Kier molecular flexibility index (Phi) is 5.16. The van der Waals surface area contributed by atoms with Crippen LogP contribution in [0.2, 0.25) is 0 Å². The van der Waals surface area contributed by atoms with Crippen molar-refractivity contribution in [3.8, 4) is 22.4 Å². The smallest absolute Gasteiger partial charge is 0.242 e. The van der Waals surface area contributed by atoms with Crippen molar-refractivity contribution in [2.24, 2.45) is 0 Å². The Labute approximate surface area is 191 Å². The van der Waals surface area contributed by atoms with Crippen molar-refractivity contribution in [1.29, 1.82) is 0 Å². The normalized spacial score (nSPS) is 20.5. The van der Waals surface area contributed by atoms with E-state index in [9.17, 15) is 4.79 Å². The minimum Gasteiger partial charge on any atom is -0.354 e. The van der Waals surface area contributed by atoms with Gasteiger partial charge in [0.25, 0.3) is 0 Å². The third-order valence-corrected chi connectivity index (χ3v) is 6.60. The highest BCUT2D eigenvalue weighted by Crippen LogP contribution is 2.31. The number of imidazole rings is 1. The fourth-order valence-corrected chi connectivity index (χ4v) is 4.74. The number of nitrogens with one attached hydrogen (secondary N) is 4. The zero-order valence-electron chi connectivity index (χ0n) is 18.2. The SMILES string of the molecule is O=C(Nc1noc2ccc(-c3ccc(-c4cnc(C5CCCN5)[nH]4)cc3)cc12)C1CCCN1. The van der Waals surface area contributed by atoms with Crippen LogP contribution in [-0.4, -0.2) is 40.2 Å². The summed E-state index contributed by atoms with van der Waals surface area (Å²) >= 11 is 0. The molecule has 8 heteroatoms. The zero-order valence-corrected chi connectivity index (χ0v) is 18.2. The number of aromatic amines is 1. The molecule has 4 aromatic rings. The van der Waals surface area contributed by atoms with E-state index >= 15 is 0 Å². The van der Waals surface area contributed by atoms with Gasteiger partial charge in [-0.2, -0.15) is 0 Å². The molecule has 4 heterocycles. The molecule has 0 radical (unpaired) electrons. The molecule has 2 saturated heterocycles. The summed E-state index contributed by atoms with van der Waals surface area (Å²) in [6.07, 6.45) is 6.07. The number of hydrogen-bond donors (Lipinski definition) is 4. The van der Waals surface area contributed by atoms with Crippen LogP contribution in [0.3, 0.4) is 0 Å². The molecule has 2 aromatic heterocycles. The first-order chi connectivity index (χ1) is 16.2. The first-order valence-corrected chi connectivity index (χ1v) is 11.6. The van der Waals surface area contributed by atoms with Crippen molar-refractivity contribution in [2.45, 2.75) is 37.8 Å². The number of H-pyrrole nitrogens is 1. The van der Waals surface area contributed by atoms with Gasteiger partial charge >= 0.3 is 0 Å². The molecule has 33 heavy (non-hydrogen) atoms. The first-order valence-electron chi connectivity index (χ1n) is 11.6. The molecule has 2 unspecified atom stereocenters. The molecule has 0 saturated carbocycles. The predicted octanol–water partition coefficient (Wildman–Crippen LogP) is 4.00. The van der Waals surface area contributed by atoms with Crippen molar-refractivity contribution in [1.82, 2.24) is 25.8 Å². The lowest BCUT2D eigenvalue weighted by molar-refractivity contribution is -0.117. The van der Waals surface area contributed by atoms with Crippen molar-refractivity contribution >= 4 is 22.7 Å². The van der Waals surface area contributed by atoms with Gasteiger partial charge in [0.05, 0.1) is 29.4 Å². The fraction of sp³-hybridized carbons (Fsp3) is 0.320. The minimum atomic E-state index is -0.167. The third kappa shape index (κ3) is 3.92. The van der Waals surface area contributed by atoms with E-state index in [1.165, 1.54) is 6.42 Å². The van der Waals surface area contributed by atoms with Crippen LogP contribution in [0.25, 0.3) is 33.4 Å². The van der Waals surface area contributed by atoms with Crippen LogP contribution in [0.15, 0.2) is 53.2 Å². The van der Waals surface area contributed by atoms with Crippen LogP contribution in [0.5, 0.6) is 0 Å². The Balaban J connectivity index is 1.23. The third-order valence-electron chi connectivity index (χ3n) is 6.60. The number of fused-ring (bicyclic) bond motifs is 1. The van der Waals surface area contributed by atoms with Crippen LogP contribution in [-0.2, 0) is 4.79 Å². The summed E-state index contributed by atoms with van der Waals surface area (Å²) in [6, 6.07) is 14.5. The number of aromatic nitrogens is 3. The Morgan fingerprint density at radius 3 is 2.55 bits per heavy atom. The second kappa shape index (κ2) is 8.46. The summed E-state index contributed by atoms with van der Waals surface area (Å²) in [6.45, 7) is 1.92. The van der Waals surface area contributed by atoms with Gasteiger partial charge in [0.1, 0.15) is 5.82 Å². The molecule has 2 fully saturated rings. The molecule has 0 bridgehead atoms. The quantitative estimate of drug-likeness (QED) is 0.372. The summed E-state index contributed by atoms with van der Waals surface area (Å²) in [7, 11) is 0. The number of anilines is 1. The topological polar surface area (TPSA) is 108 Å². The highest BCUT2D eigenvalue weighted by Gasteiger charge is 2.24. The van der Waals surface area contributed by atoms with E-state index in [-0.39, 0.29) is 11.9 Å². The van der Waals surface area contributed by atoms with Gasteiger partial charge < -0.3 is 25.5 Å². The molecule has 0 spiro atoms. The van der Waals surface area contributed by atoms with Gasteiger partial charge in [-0.25, -0.2) is 4.98 Å². The maximum atomic E-state index is 12.5. The van der Waals surface area contributed by atoms with E-state index in [0.29, 0.717) is 17.4 Å². The lowest BCUT2D eigenvalue weighted by Gasteiger charge is -2.09. The average molecular weight is 443 g/mol. The Morgan fingerprint density at radius 1 is 0.970 bits per heavy atom. The zero-order chi connectivity index (χ0) is 22.2. The Hall–Kier alpha value is -3.49. The number of amides is 1. The number of carbonyl (C=O) groups is 1. The molecule has 2 aliphatic heterocycles. The van der Waals surface area contributed by atoms with Crippen LogP contribution in [0.4, 0.5) is 5.82 Å². The monoisotopic (exact) mass is 442 g/mol. The van der Waals surface area contributed by atoms with E-state index in [4.69, 9.17) is 4.52 Å². The lowest BCUT2D eigenvalue weighted by Crippen LogP contribution is -2.35. The number of carbonyl (C=O) groups excluding carboxylic acids is 1. The summed E-state index contributed by atoms with van der Waals surface area (Å²) < 4.78 is 5.42. The van der Waals surface area contributed by atoms with Crippen LogP contribution in [0, 0.1) is 0 Å². The fourth-order valence-electron chi connectivity index (χ4n) is 4.74. The molecule has 8 nitrogen and oxygen atoms in total. The van der Waals surface area contributed by atoms with Gasteiger partial charge in [-0.1, -0.05) is 35.5 Å². The maximum Gasteiger partial charge on any atom is 0.242 e. The van der Waals surface area contributed by atoms with E-state index in [1.54, 1.807) is 0 Å². The number of hydrogen-bond acceptors (Lipinski definition) is 6. The van der Waals surface area contributed by atoms with E-state index in [1.807, 2.05) is 24.4 Å². The van der Waals surface area contributed by atoms with Crippen molar-refractivity contribution in [3.05, 3.63) is 54.5 Å². The minimum absolute atomic E-state index is 0.0656. The van der Waals surface area contributed by atoms with E-state index < -0.39 is 0 Å². The molecule has 168 valence electrons. The van der Waals surface area contributed by atoms with Gasteiger partial charge in [-0.3, -0.25) is 4.79 Å². The van der Waals surface area contributed by atoms with Gasteiger partial charge in [-0.05, 0) is 67.6 Å². The lowest BCUT2D eigenvalue weighted by atomic mass is 10.0. The second-order valence-corrected chi connectivity index (χ2v) is 8.79. The molecule has 4 N–H and O–H groups in total. The molecule has 2 atom stereocenters. The first kappa shape index (κ1) is 20.1. The average Bonchev–Trinajstić information content (AvgIpc) is 3.66. The van der Waals surface area contributed by atoms with Crippen molar-refractivity contribution in [2.75, 3.05) is 18.4 Å². The summed E-state index contributed by atoms with van der Waals surface area (Å²) in [5, 5.41) is 14.5. The summed E-state index contributed by atoms with van der Waals surface area (Å²) in [5.74, 6) is 1.41. The van der Waals surface area contributed by atoms with Crippen molar-refractivity contribution in [3.63, 3.8) is 0 Å². The number of rotatable bonds is 5. The van der Waals surface area contributed by atoms with Gasteiger partial charge in [0.2, 0.25) is 5.91 Å². The molecular weight excluding hydrogens is 416 g/mol. The van der Waals surface area contributed by atoms with Crippen molar-refractivity contribution < 1.29 is 9.32 Å². The number of benzene rings is 2. The highest BCUT2D eigenvalue weighted by atomic mass is 16.5. The highest BCUT2D eigenvalue weighted by molar-refractivity contribution is 6.02. The Bertz CT molecular complexity index is 1280. The standard InChI is InChI=1S/C25H26N6O2/c32-25(20-4-2-12-27-20)30-23-18-13-17(9-10-22(18)33-31-23)15-5-7-16(8-6-15)21-14-28-24(29-21)19-3-1-11-26-19/h5-10,13-14,19-20,26-27H,1-4,11-12H2,(H,28,29)(H,30,31,32). The van der Waals surface area contributed by atoms with Crippen LogP contribution in [0.1, 0.15) is 37.5 Å². The molecule has 2 aromatic carbocycles. The summed E-state index contributed by atoms with van der Waals surface area (Å²) in [4.78, 5) is 20.5.